The summed E-state index contributed by atoms with van der Waals surface area (Å²) in [5, 5.41) is 2.75. The van der Waals surface area contributed by atoms with Gasteiger partial charge in [0.15, 0.2) is 0 Å². The first-order valence-corrected chi connectivity index (χ1v) is 11.2. The molecule has 1 aromatic carbocycles. The maximum atomic E-state index is 14.5. The van der Waals surface area contributed by atoms with Crippen LogP contribution in [-0.2, 0) is 11.0 Å². The topological polar surface area (TPSA) is 106 Å². The second kappa shape index (κ2) is 11.1. The molecular weight excluding hydrogens is 499 g/mol. The Morgan fingerprint density at radius 2 is 1.89 bits per heavy atom. The Hall–Kier alpha value is -3.77. The quantitative estimate of drug-likeness (QED) is 0.323. The minimum Gasteiger partial charge on any atom is -0.497 e. The minimum absolute atomic E-state index is 0.0820. The normalized spacial score (nSPS) is 20.5. The highest BCUT2D eigenvalue weighted by atomic mass is 19.4. The summed E-state index contributed by atoms with van der Waals surface area (Å²) in [4.78, 5) is 25.7. The van der Waals surface area contributed by atoms with E-state index in [4.69, 9.17) is 10.5 Å². The van der Waals surface area contributed by atoms with Crippen LogP contribution in [0.2, 0.25) is 0 Å². The van der Waals surface area contributed by atoms with Crippen LogP contribution in [0.15, 0.2) is 47.3 Å². The summed E-state index contributed by atoms with van der Waals surface area (Å²) in [7, 11) is 2.98. The first-order chi connectivity index (χ1) is 17.4. The summed E-state index contributed by atoms with van der Waals surface area (Å²) in [6.07, 6.45) is -2.49. The lowest BCUT2D eigenvalue weighted by Gasteiger charge is -2.43. The Labute approximate surface area is 210 Å². The van der Waals surface area contributed by atoms with Crippen molar-refractivity contribution in [2.45, 2.75) is 31.5 Å². The molecule has 0 saturated carbocycles. The number of carbonyl (C=O) groups excluding carboxylic acids is 1. The van der Waals surface area contributed by atoms with Crippen LogP contribution < -0.4 is 15.8 Å². The summed E-state index contributed by atoms with van der Waals surface area (Å²) < 4.78 is 72.5. The van der Waals surface area contributed by atoms with Gasteiger partial charge in [0.25, 0.3) is 11.8 Å². The zero-order valence-electron chi connectivity index (χ0n) is 20.4. The van der Waals surface area contributed by atoms with Crippen molar-refractivity contribution in [3.63, 3.8) is 0 Å². The van der Waals surface area contributed by atoms with Crippen LogP contribution >= 0.6 is 0 Å². The molecule has 200 valence electrons. The molecule has 0 bridgehead atoms. The molecule has 2 heterocycles. The van der Waals surface area contributed by atoms with Crippen LogP contribution in [0.1, 0.15) is 24.5 Å². The SMILES string of the molecule is CN=CC(=C(N)C(=O)N1CC(F)(F)CC(C)C1CNc1ncc(C(F)(F)F)cn1)c1ccc(OC)cc1. The van der Waals surface area contributed by atoms with E-state index < -0.39 is 48.5 Å². The number of amides is 1. The average molecular weight is 527 g/mol. The predicted molar refractivity (Wildman–Crippen MR) is 128 cm³/mol. The molecule has 0 spiro atoms. The van der Waals surface area contributed by atoms with Gasteiger partial charge >= 0.3 is 6.18 Å². The van der Waals surface area contributed by atoms with Crippen molar-refractivity contribution in [3.8, 4) is 5.75 Å². The molecule has 1 amide bonds. The Morgan fingerprint density at radius 3 is 2.43 bits per heavy atom. The molecule has 2 unspecified atom stereocenters. The second-order valence-electron chi connectivity index (χ2n) is 8.65. The molecule has 2 atom stereocenters. The number of hydrogen-bond acceptors (Lipinski definition) is 7. The highest BCUT2D eigenvalue weighted by Gasteiger charge is 2.46. The molecule has 2 aromatic rings. The molecule has 1 fully saturated rings. The highest BCUT2D eigenvalue weighted by Crippen LogP contribution is 2.35. The number of nitrogens with zero attached hydrogens (tertiary/aromatic N) is 4. The summed E-state index contributed by atoms with van der Waals surface area (Å²) in [6, 6.07) is 5.86. The van der Waals surface area contributed by atoms with Crippen molar-refractivity contribution in [1.29, 1.82) is 0 Å². The van der Waals surface area contributed by atoms with Gasteiger partial charge in [0.05, 0.1) is 25.3 Å². The third kappa shape index (κ3) is 6.71. The number of nitrogens with two attached hydrogens (primary N) is 1. The Bertz CT molecular complexity index is 1150. The number of likely N-dealkylation sites (tertiary alicyclic amines) is 1. The fourth-order valence-electron chi connectivity index (χ4n) is 4.11. The number of halogens is 5. The molecule has 1 aromatic heterocycles. The van der Waals surface area contributed by atoms with Gasteiger partial charge in [-0.15, -0.1) is 0 Å². The van der Waals surface area contributed by atoms with E-state index in [1.54, 1.807) is 31.2 Å². The molecule has 1 aliphatic rings. The van der Waals surface area contributed by atoms with E-state index in [-0.39, 0.29) is 23.8 Å². The second-order valence-corrected chi connectivity index (χ2v) is 8.65. The van der Waals surface area contributed by atoms with E-state index in [1.807, 2.05) is 0 Å². The number of hydrogen-bond donors (Lipinski definition) is 2. The number of alkyl halides is 5. The van der Waals surface area contributed by atoms with Gasteiger partial charge in [-0.3, -0.25) is 9.79 Å². The van der Waals surface area contributed by atoms with Gasteiger partial charge in [0.2, 0.25) is 5.95 Å². The van der Waals surface area contributed by atoms with Crippen molar-refractivity contribution in [2.24, 2.45) is 16.6 Å². The van der Waals surface area contributed by atoms with Crippen molar-refractivity contribution in [1.82, 2.24) is 14.9 Å². The number of ether oxygens (including phenoxy) is 1. The van der Waals surface area contributed by atoms with Crippen LogP contribution in [0.4, 0.5) is 27.9 Å². The van der Waals surface area contributed by atoms with E-state index in [9.17, 15) is 26.7 Å². The van der Waals surface area contributed by atoms with Crippen molar-refractivity contribution < 1.29 is 31.5 Å². The number of aliphatic imine (C=N–C) groups is 1. The van der Waals surface area contributed by atoms with Gasteiger partial charge in [-0.1, -0.05) is 19.1 Å². The largest absolute Gasteiger partial charge is 0.497 e. The van der Waals surface area contributed by atoms with Crippen LogP contribution in [-0.4, -0.2) is 66.2 Å². The molecule has 8 nitrogen and oxygen atoms in total. The minimum atomic E-state index is -4.60. The lowest BCUT2D eigenvalue weighted by atomic mass is 9.88. The molecule has 3 N–H and O–H groups in total. The number of methoxy groups -OCH3 is 1. The maximum absolute atomic E-state index is 14.5. The fraction of sp³-hybridized carbons (Fsp3) is 0.417. The van der Waals surface area contributed by atoms with Gasteiger partial charge in [0.1, 0.15) is 11.4 Å². The molecule has 13 heteroatoms. The third-order valence-corrected chi connectivity index (χ3v) is 5.97. The Morgan fingerprint density at radius 1 is 1.27 bits per heavy atom. The van der Waals surface area contributed by atoms with Gasteiger partial charge in [-0.05, 0) is 23.6 Å². The van der Waals surface area contributed by atoms with E-state index in [0.717, 1.165) is 4.90 Å². The first kappa shape index (κ1) is 27.8. The predicted octanol–water partition coefficient (Wildman–Crippen LogP) is 3.86. The van der Waals surface area contributed by atoms with Crippen molar-refractivity contribution >= 4 is 23.6 Å². The number of aromatic nitrogens is 2. The molecule has 37 heavy (non-hydrogen) atoms. The summed E-state index contributed by atoms with van der Waals surface area (Å²) in [6.45, 7) is 0.600. The molecule has 1 saturated heterocycles. The van der Waals surface area contributed by atoms with Crippen molar-refractivity contribution in [2.75, 3.05) is 32.6 Å². The van der Waals surface area contributed by atoms with E-state index >= 15 is 0 Å². The lowest BCUT2D eigenvalue weighted by molar-refractivity contribution is -0.148. The molecule has 0 radical (unpaired) electrons. The third-order valence-electron chi connectivity index (χ3n) is 5.97. The zero-order chi connectivity index (χ0) is 27.4. The van der Waals surface area contributed by atoms with Crippen LogP contribution in [0.25, 0.3) is 5.57 Å². The van der Waals surface area contributed by atoms with E-state index in [0.29, 0.717) is 23.7 Å². The number of nitrogens with one attached hydrogen (secondary N) is 1. The maximum Gasteiger partial charge on any atom is 0.419 e. The van der Waals surface area contributed by atoms with Gasteiger partial charge < -0.3 is 20.7 Å². The van der Waals surface area contributed by atoms with Crippen LogP contribution in [0, 0.1) is 5.92 Å². The summed E-state index contributed by atoms with van der Waals surface area (Å²) in [5.74, 6) is -4.22. The zero-order valence-corrected chi connectivity index (χ0v) is 20.4. The van der Waals surface area contributed by atoms with Gasteiger partial charge in [-0.25, -0.2) is 18.7 Å². The van der Waals surface area contributed by atoms with Crippen LogP contribution in [0.3, 0.4) is 0 Å². The van der Waals surface area contributed by atoms with Crippen LogP contribution in [0.5, 0.6) is 5.75 Å². The van der Waals surface area contributed by atoms with Gasteiger partial charge in [0, 0.05) is 44.2 Å². The molecular formula is C24H27F5N6O2. The first-order valence-electron chi connectivity index (χ1n) is 11.2. The number of carbonyl (C=O) groups is 1. The van der Waals surface area contributed by atoms with E-state index in [1.165, 1.54) is 20.4 Å². The Balaban J connectivity index is 1.89. The molecule has 0 aliphatic carbocycles. The number of allylic oxidation sites excluding steroid dienone is 1. The highest BCUT2D eigenvalue weighted by molar-refractivity contribution is 6.18. The van der Waals surface area contributed by atoms with Gasteiger partial charge in [-0.2, -0.15) is 13.2 Å². The Kier molecular flexibility index (Phi) is 8.34. The number of piperidine rings is 1. The smallest absolute Gasteiger partial charge is 0.419 e. The molecule has 1 aliphatic heterocycles. The number of anilines is 1. The standard InChI is InChI=1S/C24H27F5N6O2/c1-14-8-23(25,26)13-35(19(14)12-34-22-32-9-16(10-33-22)24(27,28)29)21(36)20(30)18(11-31-2)15-4-6-17(37-3)7-5-15/h4-7,9-11,14,19H,8,12-13,30H2,1-3H3,(H,32,33,34). The van der Waals surface area contributed by atoms with E-state index in [2.05, 4.69) is 20.3 Å². The number of benzene rings is 1. The number of rotatable bonds is 7. The molecule has 3 rings (SSSR count). The average Bonchev–Trinajstić information content (AvgIpc) is 2.85. The monoisotopic (exact) mass is 526 g/mol. The lowest BCUT2D eigenvalue weighted by Crippen LogP contribution is -2.58. The summed E-state index contributed by atoms with van der Waals surface area (Å²) in [5.41, 5.74) is 5.68. The summed E-state index contributed by atoms with van der Waals surface area (Å²) >= 11 is 0. The van der Waals surface area contributed by atoms with Crippen molar-refractivity contribution in [3.05, 3.63) is 53.5 Å². The fourth-order valence-corrected chi connectivity index (χ4v) is 4.11.